The van der Waals surface area contributed by atoms with Crippen LogP contribution >= 0.6 is 0 Å². The highest BCUT2D eigenvalue weighted by atomic mass is 14.9. The van der Waals surface area contributed by atoms with E-state index in [9.17, 15) is 0 Å². The van der Waals surface area contributed by atoms with Crippen LogP contribution in [0.1, 0.15) is 56.2 Å². The van der Waals surface area contributed by atoms with Crippen molar-refractivity contribution in [3.05, 3.63) is 64.0 Å². The van der Waals surface area contributed by atoms with Crippen molar-refractivity contribution in [2.24, 2.45) is 0 Å². The molecule has 25 heavy (non-hydrogen) atoms. The highest BCUT2D eigenvalue weighted by molar-refractivity contribution is 5.88. The zero-order chi connectivity index (χ0) is 18.0. The average molecular weight is 335 g/mol. The van der Waals surface area contributed by atoms with Crippen molar-refractivity contribution in [3.63, 3.8) is 0 Å². The third kappa shape index (κ3) is 3.87. The highest BCUT2D eigenvalue weighted by Gasteiger charge is 2.19. The van der Waals surface area contributed by atoms with Gasteiger partial charge in [0.25, 0.3) is 0 Å². The summed E-state index contributed by atoms with van der Waals surface area (Å²) in [6.45, 7) is 10.5. The summed E-state index contributed by atoms with van der Waals surface area (Å²) in [5.41, 5.74) is 9.14. The summed E-state index contributed by atoms with van der Waals surface area (Å²) in [4.78, 5) is 0. The number of rotatable bonds is 5. The predicted octanol–water partition coefficient (Wildman–Crippen LogP) is 5.23. The molecule has 0 atom stereocenters. The fourth-order valence-corrected chi connectivity index (χ4v) is 4.03. The van der Waals surface area contributed by atoms with E-state index < -0.39 is 0 Å². The topological polar surface area (TPSA) is 47.9 Å². The lowest BCUT2D eigenvalue weighted by molar-refractivity contribution is 0.755. The SMILES string of the molecule is C=C1NC(C)=CC(C)=C1Cc1cc(C)cc(NC2CCCC2)c1C=N. The summed E-state index contributed by atoms with van der Waals surface area (Å²) < 4.78 is 0. The van der Waals surface area contributed by atoms with Gasteiger partial charge in [0.15, 0.2) is 0 Å². The number of aryl methyl sites for hydroxylation is 1. The van der Waals surface area contributed by atoms with Crippen LogP contribution in [0, 0.1) is 12.3 Å². The van der Waals surface area contributed by atoms with Crippen molar-refractivity contribution in [2.45, 2.75) is 58.9 Å². The molecule has 1 aromatic rings. The summed E-state index contributed by atoms with van der Waals surface area (Å²) in [5, 5.41) is 15.0. The fourth-order valence-electron chi connectivity index (χ4n) is 4.03. The number of dihydropyridines is 1. The van der Waals surface area contributed by atoms with Crippen LogP contribution in [-0.4, -0.2) is 12.3 Å². The Hall–Kier alpha value is -2.29. The zero-order valence-electron chi connectivity index (χ0n) is 15.6. The van der Waals surface area contributed by atoms with E-state index in [-0.39, 0.29) is 0 Å². The van der Waals surface area contributed by atoms with Crippen LogP contribution in [0.25, 0.3) is 0 Å². The van der Waals surface area contributed by atoms with Crippen molar-refractivity contribution in [1.29, 1.82) is 5.41 Å². The first kappa shape index (κ1) is 17.5. The van der Waals surface area contributed by atoms with Crippen LogP contribution in [0.15, 0.2) is 47.3 Å². The number of allylic oxidation sites excluding steroid dienone is 4. The molecule has 0 aromatic heterocycles. The van der Waals surface area contributed by atoms with Crippen LogP contribution in [0.3, 0.4) is 0 Å². The largest absolute Gasteiger partial charge is 0.382 e. The van der Waals surface area contributed by atoms with E-state index in [4.69, 9.17) is 5.41 Å². The zero-order valence-corrected chi connectivity index (χ0v) is 15.6. The van der Waals surface area contributed by atoms with Gasteiger partial charge in [-0.25, -0.2) is 0 Å². The van der Waals surface area contributed by atoms with Crippen molar-refractivity contribution in [3.8, 4) is 0 Å². The second-order valence-corrected chi connectivity index (χ2v) is 7.42. The molecule has 0 amide bonds. The summed E-state index contributed by atoms with van der Waals surface area (Å²) in [6, 6.07) is 4.94. The maximum atomic E-state index is 7.99. The van der Waals surface area contributed by atoms with Gasteiger partial charge in [0.2, 0.25) is 0 Å². The van der Waals surface area contributed by atoms with Crippen molar-refractivity contribution in [1.82, 2.24) is 5.32 Å². The van der Waals surface area contributed by atoms with Crippen LogP contribution < -0.4 is 10.6 Å². The van der Waals surface area contributed by atoms with Gasteiger partial charge in [-0.05, 0) is 68.0 Å². The number of nitrogens with one attached hydrogen (secondary N) is 3. The van der Waals surface area contributed by atoms with E-state index >= 15 is 0 Å². The minimum Gasteiger partial charge on any atom is -0.382 e. The lowest BCUT2D eigenvalue weighted by atomic mass is 9.91. The first-order valence-corrected chi connectivity index (χ1v) is 9.23. The van der Waals surface area contributed by atoms with Crippen molar-refractivity contribution < 1.29 is 0 Å². The van der Waals surface area contributed by atoms with E-state index in [0.717, 1.165) is 29.1 Å². The average Bonchev–Trinajstić information content (AvgIpc) is 3.03. The van der Waals surface area contributed by atoms with Gasteiger partial charge >= 0.3 is 0 Å². The van der Waals surface area contributed by atoms with Crippen molar-refractivity contribution >= 4 is 11.9 Å². The minimum absolute atomic E-state index is 0.547. The molecule has 2 aliphatic rings. The van der Waals surface area contributed by atoms with Gasteiger partial charge in [0.05, 0.1) is 0 Å². The van der Waals surface area contributed by atoms with E-state index in [1.807, 2.05) is 0 Å². The van der Waals surface area contributed by atoms with E-state index in [2.05, 4.69) is 56.2 Å². The third-order valence-electron chi connectivity index (χ3n) is 5.26. The molecule has 1 aromatic carbocycles. The maximum Gasteiger partial charge on any atom is 0.0436 e. The van der Waals surface area contributed by atoms with Gasteiger partial charge < -0.3 is 16.0 Å². The Labute approximate surface area is 151 Å². The van der Waals surface area contributed by atoms with Crippen LogP contribution in [-0.2, 0) is 6.42 Å². The number of hydrogen-bond acceptors (Lipinski definition) is 3. The molecule has 0 radical (unpaired) electrons. The summed E-state index contributed by atoms with van der Waals surface area (Å²) in [7, 11) is 0. The molecule has 132 valence electrons. The Morgan fingerprint density at radius 1 is 1.24 bits per heavy atom. The predicted molar refractivity (Wildman–Crippen MR) is 107 cm³/mol. The summed E-state index contributed by atoms with van der Waals surface area (Å²) in [6.07, 6.45) is 9.54. The van der Waals surface area contributed by atoms with E-state index in [1.165, 1.54) is 54.2 Å². The second kappa shape index (κ2) is 7.30. The smallest absolute Gasteiger partial charge is 0.0436 e. The number of anilines is 1. The second-order valence-electron chi connectivity index (χ2n) is 7.42. The molecule has 3 nitrogen and oxygen atoms in total. The van der Waals surface area contributed by atoms with Gasteiger partial charge in [-0.1, -0.05) is 25.5 Å². The van der Waals surface area contributed by atoms with Gasteiger partial charge in [0.1, 0.15) is 0 Å². The molecule has 0 spiro atoms. The van der Waals surface area contributed by atoms with Gasteiger partial charge in [0, 0.05) is 41.3 Å². The Bertz CT molecular complexity index is 762. The highest BCUT2D eigenvalue weighted by Crippen LogP contribution is 2.30. The maximum absolute atomic E-state index is 7.99. The van der Waals surface area contributed by atoms with Crippen LogP contribution in [0.4, 0.5) is 5.69 Å². The van der Waals surface area contributed by atoms with E-state index in [1.54, 1.807) is 0 Å². The normalized spacial score (nSPS) is 18.2. The first-order chi connectivity index (χ1) is 12.0. The lowest BCUT2D eigenvalue weighted by Crippen LogP contribution is -2.19. The Morgan fingerprint density at radius 3 is 2.60 bits per heavy atom. The van der Waals surface area contributed by atoms with Gasteiger partial charge in [-0.2, -0.15) is 0 Å². The summed E-state index contributed by atoms with van der Waals surface area (Å²) >= 11 is 0. The molecule has 0 unspecified atom stereocenters. The molecular weight excluding hydrogens is 306 g/mol. The Balaban J connectivity index is 1.95. The van der Waals surface area contributed by atoms with Crippen LogP contribution in [0.5, 0.6) is 0 Å². The quantitative estimate of drug-likeness (QED) is 0.646. The Kier molecular flexibility index (Phi) is 5.12. The summed E-state index contributed by atoms with van der Waals surface area (Å²) in [5.74, 6) is 0. The van der Waals surface area contributed by atoms with Gasteiger partial charge in [-0.3, -0.25) is 0 Å². The van der Waals surface area contributed by atoms with Crippen LogP contribution in [0.2, 0.25) is 0 Å². The molecule has 1 aliphatic heterocycles. The molecule has 0 saturated heterocycles. The number of benzene rings is 1. The molecule has 3 rings (SSSR count). The molecular formula is C22H29N3. The minimum atomic E-state index is 0.547. The molecule has 1 saturated carbocycles. The molecule has 1 heterocycles. The molecule has 3 N–H and O–H groups in total. The Morgan fingerprint density at radius 2 is 1.96 bits per heavy atom. The molecule has 1 fully saturated rings. The molecule has 0 bridgehead atoms. The fraction of sp³-hybridized carbons (Fsp3) is 0.409. The molecule has 3 heteroatoms. The first-order valence-electron chi connectivity index (χ1n) is 9.23. The lowest BCUT2D eigenvalue weighted by Gasteiger charge is -2.23. The van der Waals surface area contributed by atoms with E-state index in [0.29, 0.717) is 6.04 Å². The van der Waals surface area contributed by atoms with Crippen molar-refractivity contribution in [2.75, 3.05) is 5.32 Å². The number of hydrogen-bond donors (Lipinski definition) is 3. The molecule has 1 aliphatic carbocycles. The van der Waals surface area contributed by atoms with Gasteiger partial charge in [-0.15, -0.1) is 0 Å². The third-order valence-corrected chi connectivity index (χ3v) is 5.26. The standard InChI is InChI=1S/C22H29N3/c1-14-9-18(12-20-15(2)11-16(3)24-17(20)4)21(13-23)22(10-14)25-19-7-5-6-8-19/h9-11,13,19,23-25H,4-8,12H2,1-3H3. The monoisotopic (exact) mass is 335 g/mol.